The lowest BCUT2D eigenvalue weighted by molar-refractivity contribution is 0.468. The molecule has 0 unspecified atom stereocenters. The molecule has 2 rings (SSSR count). The van der Waals surface area contributed by atoms with E-state index in [4.69, 9.17) is 4.74 Å². The zero-order valence-corrected chi connectivity index (χ0v) is 8.19. The molecule has 2 aromatic rings. The van der Waals surface area contributed by atoms with Gasteiger partial charge < -0.3 is 4.74 Å². The third-order valence-corrected chi connectivity index (χ3v) is 2.03. The number of halogens is 1. The van der Waals surface area contributed by atoms with E-state index in [-0.39, 0.29) is 0 Å². The topological polar surface area (TPSA) is 9.23 Å². The number of para-hydroxylation sites is 1. The molecule has 76 valence electrons. The number of rotatable bonds is 3. The summed E-state index contributed by atoms with van der Waals surface area (Å²) in [6.45, 7) is -0.466. The summed E-state index contributed by atoms with van der Waals surface area (Å²) in [5.41, 5.74) is 0.628. The van der Waals surface area contributed by atoms with Crippen LogP contribution in [0.2, 0.25) is 0 Å². The Morgan fingerprint density at radius 2 is 1.60 bits per heavy atom. The first-order chi connectivity index (χ1) is 7.38. The second-order valence-electron chi connectivity index (χ2n) is 3.20. The van der Waals surface area contributed by atoms with Gasteiger partial charge in [0.2, 0.25) is 0 Å². The van der Waals surface area contributed by atoms with E-state index in [1.807, 2.05) is 36.4 Å². The summed E-state index contributed by atoms with van der Waals surface area (Å²) in [5.74, 6) is 1.42. The molecule has 1 nitrogen and oxygen atoms in total. The summed E-state index contributed by atoms with van der Waals surface area (Å²) in [5, 5.41) is 0. The zero-order valence-electron chi connectivity index (χ0n) is 8.19. The predicted molar refractivity (Wildman–Crippen MR) is 57.8 cm³/mol. The Morgan fingerprint density at radius 1 is 0.867 bits per heavy atom. The summed E-state index contributed by atoms with van der Waals surface area (Å²) in [4.78, 5) is 0. The van der Waals surface area contributed by atoms with Gasteiger partial charge in [-0.25, -0.2) is 4.39 Å². The Morgan fingerprint density at radius 3 is 2.33 bits per heavy atom. The average Bonchev–Trinajstić information content (AvgIpc) is 2.31. The third-order valence-electron chi connectivity index (χ3n) is 2.03. The summed E-state index contributed by atoms with van der Waals surface area (Å²) >= 11 is 0. The minimum absolute atomic E-state index is 0.466. The molecule has 0 saturated carbocycles. The minimum Gasteiger partial charge on any atom is -0.457 e. The molecule has 0 N–H and O–H groups in total. The van der Waals surface area contributed by atoms with Crippen LogP contribution in [0.25, 0.3) is 0 Å². The van der Waals surface area contributed by atoms with Crippen molar-refractivity contribution in [2.24, 2.45) is 0 Å². The fourth-order valence-electron chi connectivity index (χ4n) is 1.32. The van der Waals surface area contributed by atoms with Crippen LogP contribution < -0.4 is 4.74 Å². The molecular formula is C13H11FO. The van der Waals surface area contributed by atoms with E-state index < -0.39 is 6.67 Å². The van der Waals surface area contributed by atoms with Crippen LogP contribution in [0.4, 0.5) is 4.39 Å². The number of hydrogen-bond donors (Lipinski definition) is 0. The molecule has 0 aliphatic heterocycles. The lowest BCUT2D eigenvalue weighted by Crippen LogP contribution is -1.85. The molecule has 0 heterocycles. The third kappa shape index (κ3) is 2.56. The van der Waals surface area contributed by atoms with E-state index in [1.54, 1.807) is 18.2 Å². The lowest BCUT2D eigenvalue weighted by atomic mass is 10.2. The Hall–Kier alpha value is -1.83. The van der Waals surface area contributed by atoms with Crippen LogP contribution in [0.3, 0.4) is 0 Å². The van der Waals surface area contributed by atoms with Crippen molar-refractivity contribution in [1.29, 1.82) is 0 Å². The molecule has 0 aromatic heterocycles. The zero-order chi connectivity index (χ0) is 10.5. The van der Waals surface area contributed by atoms with Gasteiger partial charge in [0.25, 0.3) is 0 Å². The fourth-order valence-corrected chi connectivity index (χ4v) is 1.32. The van der Waals surface area contributed by atoms with Crippen molar-refractivity contribution in [3.05, 3.63) is 60.2 Å². The number of hydrogen-bond acceptors (Lipinski definition) is 1. The van der Waals surface area contributed by atoms with Crippen LogP contribution in [0, 0.1) is 0 Å². The number of alkyl halides is 1. The van der Waals surface area contributed by atoms with Gasteiger partial charge in [-0.05, 0) is 29.8 Å². The molecule has 0 bridgehead atoms. The van der Waals surface area contributed by atoms with E-state index in [0.717, 1.165) is 5.75 Å². The molecule has 0 radical (unpaired) electrons. The second-order valence-corrected chi connectivity index (χ2v) is 3.20. The van der Waals surface area contributed by atoms with Crippen molar-refractivity contribution < 1.29 is 9.13 Å². The van der Waals surface area contributed by atoms with E-state index in [0.29, 0.717) is 11.3 Å². The minimum atomic E-state index is -0.466. The van der Waals surface area contributed by atoms with E-state index in [2.05, 4.69) is 0 Å². The molecule has 0 aliphatic rings. The van der Waals surface area contributed by atoms with Crippen molar-refractivity contribution >= 4 is 0 Å². The van der Waals surface area contributed by atoms with E-state index in [9.17, 15) is 4.39 Å². The fraction of sp³-hybridized carbons (Fsp3) is 0.0769. The number of benzene rings is 2. The Kier molecular flexibility index (Phi) is 2.98. The van der Waals surface area contributed by atoms with Crippen molar-refractivity contribution in [2.75, 3.05) is 0 Å². The second kappa shape index (κ2) is 4.60. The lowest BCUT2D eigenvalue weighted by Gasteiger charge is -2.05. The summed E-state index contributed by atoms with van der Waals surface area (Å²) in [6, 6.07) is 16.5. The SMILES string of the molecule is FCc1cccc(Oc2ccccc2)c1. The van der Waals surface area contributed by atoms with Crippen LogP contribution in [-0.2, 0) is 6.67 Å². The van der Waals surface area contributed by atoms with Crippen molar-refractivity contribution in [3.63, 3.8) is 0 Å². The highest BCUT2D eigenvalue weighted by Crippen LogP contribution is 2.21. The van der Waals surface area contributed by atoms with Gasteiger partial charge in [-0.1, -0.05) is 30.3 Å². The maximum Gasteiger partial charge on any atom is 0.127 e. The predicted octanol–water partition coefficient (Wildman–Crippen LogP) is 3.95. The quantitative estimate of drug-likeness (QED) is 0.732. The van der Waals surface area contributed by atoms with Gasteiger partial charge in [-0.15, -0.1) is 0 Å². The standard InChI is InChI=1S/C13H11FO/c14-10-11-5-4-8-13(9-11)15-12-6-2-1-3-7-12/h1-9H,10H2. The van der Waals surface area contributed by atoms with Crippen molar-refractivity contribution in [1.82, 2.24) is 0 Å². The molecule has 0 saturated heterocycles. The maximum atomic E-state index is 12.4. The van der Waals surface area contributed by atoms with Crippen LogP contribution in [-0.4, -0.2) is 0 Å². The van der Waals surface area contributed by atoms with Gasteiger partial charge in [0, 0.05) is 0 Å². The largest absolute Gasteiger partial charge is 0.457 e. The summed E-state index contributed by atoms with van der Waals surface area (Å²) < 4.78 is 17.9. The van der Waals surface area contributed by atoms with Gasteiger partial charge in [0.1, 0.15) is 18.2 Å². The van der Waals surface area contributed by atoms with Crippen molar-refractivity contribution in [2.45, 2.75) is 6.67 Å². The maximum absolute atomic E-state index is 12.4. The Bertz CT molecular complexity index is 426. The molecule has 15 heavy (non-hydrogen) atoms. The van der Waals surface area contributed by atoms with Crippen LogP contribution in [0.1, 0.15) is 5.56 Å². The molecule has 0 amide bonds. The number of ether oxygens (including phenoxy) is 1. The Balaban J connectivity index is 2.17. The van der Waals surface area contributed by atoms with Crippen LogP contribution >= 0.6 is 0 Å². The monoisotopic (exact) mass is 202 g/mol. The van der Waals surface area contributed by atoms with Gasteiger partial charge in [-0.2, -0.15) is 0 Å². The first-order valence-electron chi connectivity index (χ1n) is 4.76. The Labute approximate surface area is 88.1 Å². The van der Waals surface area contributed by atoms with Gasteiger partial charge in [0.15, 0.2) is 0 Å². The van der Waals surface area contributed by atoms with Gasteiger partial charge in [0.05, 0.1) is 0 Å². The first-order valence-corrected chi connectivity index (χ1v) is 4.76. The normalized spacial score (nSPS) is 9.93. The highest BCUT2D eigenvalue weighted by atomic mass is 19.1. The molecule has 2 aromatic carbocycles. The highest BCUT2D eigenvalue weighted by molar-refractivity contribution is 5.33. The molecule has 0 spiro atoms. The van der Waals surface area contributed by atoms with E-state index >= 15 is 0 Å². The van der Waals surface area contributed by atoms with Gasteiger partial charge >= 0.3 is 0 Å². The molecule has 2 heteroatoms. The smallest absolute Gasteiger partial charge is 0.127 e. The van der Waals surface area contributed by atoms with E-state index in [1.165, 1.54) is 0 Å². The molecule has 0 aliphatic carbocycles. The molecule has 0 atom stereocenters. The first kappa shape index (κ1) is 9.71. The van der Waals surface area contributed by atoms with Crippen LogP contribution in [0.15, 0.2) is 54.6 Å². The summed E-state index contributed by atoms with van der Waals surface area (Å²) in [7, 11) is 0. The highest BCUT2D eigenvalue weighted by Gasteiger charge is 1.97. The summed E-state index contributed by atoms with van der Waals surface area (Å²) in [6.07, 6.45) is 0. The van der Waals surface area contributed by atoms with Gasteiger partial charge in [-0.3, -0.25) is 0 Å². The molecule has 0 fully saturated rings. The van der Waals surface area contributed by atoms with Crippen molar-refractivity contribution in [3.8, 4) is 11.5 Å². The van der Waals surface area contributed by atoms with Crippen LogP contribution in [0.5, 0.6) is 11.5 Å². The average molecular weight is 202 g/mol. The molecular weight excluding hydrogens is 191 g/mol.